The number of ether oxygens (including phenoxy) is 2. The van der Waals surface area contributed by atoms with Crippen molar-refractivity contribution in [1.82, 2.24) is 4.90 Å². The van der Waals surface area contributed by atoms with E-state index >= 15 is 0 Å². The molecular weight excluding hydrogens is 282 g/mol. The van der Waals surface area contributed by atoms with Crippen LogP contribution in [0.4, 0.5) is 4.79 Å². The molecule has 1 amide bonds. The number of allylic oxidation sites excluding steroid dienone is 1. The van der Waals surface area contributed by atoms with Crippen molar-refractivity contribution in [3.05, 3.63) is 48.2 Å². The van der Waals surface area contributed by atoms with E-state index in [4.69, 9.17) is 9.47 Å². The Morgan fingerprint density at radius 2 is 2.05 bits per heavy atom. The third kappa shape index (κ3) is 5.60. The van der Waals surface area contributed by atoms with Gasteiger partial charge in [-0.1, -0.05) is 36.4 Å². The number of hydrogen-bond donors (Lipinski definition) is 0. The van der Waals surface area contributed by atoms with Crippen LogP contribution in [0.5, 0.6) is 0 Å². The summed E-state index contributed by atoms with van der Waals surface area (Å²) in [5.74, 6) is -0.173. The second-order valence-electron chi connectivity index (χ2n) is 5.08. The van der Waals surface area contributed by atoms with Crippen LogP contribution in [0.3, 0.4) is 0 Å². The van der Waals surface area contributed by atoms with Crippen LogP contribution in [0.15, 0.2) is 42.6 Å². The lowest BCUT2D eigenvalue weighted by Crippen LogP contribution is -2.28. The van der Waals surface area contributed by atoms with Crippen LogP contribution < -0.4 is 0 Å². The van der Waals surface area contributed by atoms with Crippen molar-refractivity contribution >= 4 is 12.1 Å². The number of carbonyl (C=O) groups excluding carboxylic acids is 2. The summed E-state index contributed by atoms with van der Waals surface area (Å²) in [4.78, 5) is 25.0. The highest BCUT2D eigenvalue weighted by molar-refractivity contribution is 5.69. The molecule has 22 heavy (non-hydrogen) atoms. The summed E-state index contributed by atoms with van der Waals surface area (Å²) in [6.45, 7) is 1.05. The fourth-order valence-electron chi connectivity index (χ4n) is 2.09. The van der Waals surface area contributed by atoms with E-state index in [0.29, 0.717) is 26.0 Å². The van der Waals surface area contributed by atoms with Crippen molar-refractivity contribution < 1.29 is 19.1 Å². The van der Waals surface area contributed by atoms with E-state index in [-0.39, 0.29) is 18.7 Å². The van der Waals surface area contributed by atoms with Gasteiger partial charge in [-0.3, -0.25) is 9.69 Å². The number of carbonyl (C=O) groups is 2. The smallest absolute Gasteiger partial charge is 0.414 e. The molecule has 0 saturated heterocycles. The zero-order valence-electron chi connectivity index (χ0n) is 12.6. The number of hydrogen-bond acceptors (Lipinski definition) is 4. The SMILES string of the molecule is O=C1CCC/C=C\N(C(=O)OCc2ccccc2)CCCO1. The molecule has 0 aromatic heterocycles. The minimum atomic E-state index is -0.384. The number of rotatable bonds is 2. The average molecular weight is 303 g/mol. The molecule has 1 aliphatic heterocycles. The topological polar surface area (TPSA) is 55.8 Å². The van der Waals surface area contributed by atoms with E-state index in [1.165, 1.54) is 4.90 Å². The van der Waals surface area contributed by atoms with Crippen LogP contribution in [0, 0.1) is 0 Å². The minimum Gasteiger partial charge on any atom is -0.466 e. The maximum atomic E-state index is 12.1. The molecule has 1 aliphatic rings. The van der Waals surface area contributed by atoms with E-state index in [1.54, 1.807) is 6.20 Å². The number of amides is 1. The van der Waals surface area contributed by atoms with Gasteiger partial charge in [0.25, 0.3) is 0 Å². The lowest BCUT2D eigenvalue weighted by molar-refractivity contribution is -0.143. The molecule has 0 spiro atoms. The first-order valence-electron chi connectivity index (χ1n) is 7.55. The molecule has 1 aromatic carbocycles. The summed E-state index contributed by atoms with van der Waals surface area (Å²) in [6, 6.07) is 9.56. The Kier molecular flexibility index (Phi) is 6.48. The third-order valence-electron chi connectivity index (χ3n) is 3.28. The molecule has 0 atom stereocenters. The highest BCUT2D eigenvalue weighted by atomic mass is 16.6. The van der Waals surface area contributed by atoms with Crippen LogP contribution in [0.25, 0.3) is 0 Å². The van der Waals surface area contributed by atoms with Crippen molar-refractivity contribution in [2.75, 3.05) is 13.2 Å². The monoisotopic (exact) mass is 303 g/mol. The van der Waals surface area contributed by atoms with Gasteiger partial charge in [0.2, 0.25) is 0 Å². The molecule has 5 nitrogen and oxygen atoms in total. The van der Waals surface area contributed by atoms with E-state index < -0.39 is 0 Å². The first kappa shape index (κ1) is 16.1. The molecule has 0 radical (unpaired) electrons. The van der Waals surface area contributed by atoms with Crippen LogP contribution in [0.1, 0.15) is 31.2 Å². The molecule has 0 aliphatic carbocycles. The van der Waals surface area contributed by atoms with Gasteiger partial charge in [0.15, 0.2) is 0 Å². The summed E-state index contributed by atoms with van der Waals surface area (Å²) in [5, 5.41) is 0. The molecule has 0 unspecified atom stereocenters. The first-order valence-corrected chi connectivity index (χ1v) is 7.55. The summed E-state index contributed by atoms with van der Waals surface area (Å²) in [7, 11) is 0. The van der Waals surface area contributed by atoms with Crippen LogP contribution in [-0.4, -0.2) is 30.1 Å². The Hall–Kier alpha value is -2.30. The van der Waals surface area contributed by atoms with Gasteiger partial charge in [-0.2, -0.15) is 0 Å². The zero-order chi connectivity index (χ0) is 15.6. The normalized spacial score (nSPS) is 18.0. The highest BCUT2D eigenvalue weighted by Gasteiger charge is 2.13. The maximum absolute atomic E-state index is 12.1. The van der Waals surface area contributed by atoms with E-state index in [1.807, 2.05) is 36.4 Å². The molecular formula is C17H21NO4. The Labute approximate surface area is 130 Å². The Bertz CT molecular complexity index is 513. The maximum Gasteiger partial charge on any atom is 0.414 e. The standard InChI is InChI=1S/C17H21NO4/c19-16-10-5-2-6-11-18(12-7-13-21-16)17(20)22-14-15-8-3-1-4-9-15/h1,3-4,6,8-9,11H,2,5,7,10,12-14H2/b11-6-. The largest absolute Gasteiger partial charge is 0.466 e. The number of cyclic esters (lactones) is 1. The van der Waals surface area contributed by atoms with Crippen molar-refractivity contribution in [3.8, 4) is 0 Å². The van der Waals surface area contributed by atoms with E-state index in [9.17, 15) is 9.59 Å². The second kappa shape index (κ2) is 8.87. The summed E-state index contributed by atoms with van der Waals surface area (Å²) in [5.41, 5.74) is 0.951. The van der Waals surface area contributed by atoms with Crippen LogP contribution in [-0.2, 0) is 20.9 Å². The van der Waals surface area contributed by atoms with Gasteiger partial charge in [0.05, 0.1) is 6.61 Å². The van der Waals surface area contributed by atoms with Crippen LogP contribution >= 0.6 is 0 Å². The molecule has 0 saturated carbocycles. The molecule has 0 fully saturated rings. The number of benzene rings is 1. The van der Waals surface area contributed by atoms with Gasteiger partial charge in [0.1, 0.15) is 6.61 Å². The Morgan fingerprint density at radius 1 is 1.23 bits per heavy atom. The predicted molar refractivity (Wildman–Crippen MR) is 81.9 cm³/mol. The van der Waals surface area contributed by atoms with Crippen LogP contribution in [0.2, 0.25) is 0 Å². The van der Waals surface area contributed by atoms with Crippen molar-refractivity contribution in [2.24, 2.45) is 0 Å². The van der Waals surface area contributed by atoms with Gasteiger partial charge < -0.3 is 9.47 Å². The van der Waals surface area contributed by atoms with Gasteiger partial charge >= 0.3 is 12.1 Å². The van der Waals surface area contributed by atoms with Crippen molar-refractivity contribution in [3.63, 3.8) is 0 Å². The lowest BCUT2D eigenvalue weighted by Gasteiger charge is -2.18. The molecule has 5 heteroatoms. The fourth-order valence-corrected chi connectivity index (χ4v) is 2.09. The molecule has 2 rings (SSSR count). The predicted octanol–water partition coefficient (Wildman–Crippen LogP) is 3.26. The quantitative estimate of drug-likeness (QED) is 0.787. The van der Waals surface area contributed by atoms with Crippen molar-refractivity contribution in [1.29, 1.82) is 0 Å². The molecule has 1 aromatic rings. The van der Waals surface area contributed by atoms with Gasteiger partial charge in [0, 0.05) is 19.2 Å². The molecule has 0 bridgehead atoms. The molecule has 1 heterocycles. The molecule has 118 valence electrons. The number of nitrogens with zero attached hydrogens (tertiary/aromatic N) is 1. The van der Waals surface area contributed by atoms with Gasteiger partial charge in [-0.25, -0.2) is 4.79 Å². The van der Waals surface area contributed by atoms with Crippen molar-refractivity contribution in [2.45, 2.75) is 32.3 Å². The van der Waals surface area contributed by atoms with Gasteiger partial charge in [-0.05, 0) is 24.8 Å². The molecule has 0 N–H and O–H groups in total. The second-order valence-corrected chi connectivity index (χ2v) is 5.08. The zero-order valence-corrected chi connectivity index (χ0v) is 12.6. The van der Waals surface area contributed by atoms with E-state index in [0.717, 1.165) is 18.4 Å². The van der Waals surface area contributed by atoms with Gasteiger partial charge in [-0.15, -0.1) is 0 Å². The number of esters is 1. The summed E-state index contributed by atoms with van der Waals surface area (Å²) < 4.78 is 10.4. The summed E-state index contributed by atoms with van der Waals surface area (Å²) >= 11 is 0. The first-order chi connectivity index (χ1) is 10.8. The third-order valence-corrected chi connectivity index (χ3v) is 3.28. The Balaban J connectivity index is 1.86. The highest BCUT2D eigenvalue weighted by Crippen LogP contribution is 2.07. The minimum absolute atomic E-state index is 0.173. The summed E-state index contributed by atoms with van der Waals surface area (Å²) in [6.07, 6.45) is 5.72. The Morgan fingerprint density at radius 3 is 2.86 bits per heavy atom. The van der Waals surface area contributed by atoms with E-state index in [2.05, 4.69) is 0 Å². The average Bonchev–Trinajstić information content (AvgIpc) is 2.59. The lowest BCUT2D eigenvalue weighted by atomic mass is 10.2. The fraction of sp³-hybridized carbons (Fsp3) is 0.412.